The molecule has 0 spiro atoms. The largest absolute Gasteiger partial charge is 0.497 e. The maximum atomic E-state index is 12.3. The minimum absolute atomic E-state index is 0.315. The predicted octanol–water partition coefficient (Wildman–Crippen LogP) is 5.45. The Morgan fingerprint density at radius 3 is 2.45 bits per heavy atom. The van der Waals surface area contributed by atoms with Crippen molar-refractivity contribution in [3.63, 3.8) is 0 Å². The number of amides is 1. The molecule has 5 nitrogen and oxygen atoms in total. The molecule has 1 amide bonds. The Hall–Kier alpha value is -2.83. The Morgan fingerprint density at radius 2 is 1.76 bits per heavy atom. The molecule has 0 aliphatic carbocycles. The van der Waals surface area contributed by atoms with Crippen LogP contribution in [0.4, 0.5) is 0 Å². The fraction of sp³-hybridized carbons (Fsp3) is 0.0909. The van der Waals surface area contributed by atoms with Gasteiger partial charge in [-0.1, -0.05) is 39.7 Å². The van der Waals surface area contributed by atoms with Crippen molar-refractivity contribution in [1.82, 2.24) is 5.43 Å². The summed E-state index contributed by atoms with van der Waals surface area (Å²) in [6.45, 7) is 0.419. The number of methoxy groups -OCH3 is 1. The number of rotatable bonds is 7. The Labute approximate surface area is 182 Å². The molecule has 0 atom stereocenters. The summed E-state index contributed by atoms with van der Waals surface area (Å²) in [5, 5.41) is 4.69. The predicted molar refractivity (Wildman–Crippen MR) is 118 cm³/mol. The van der Waals surface area contributed by atoms with E-state index in [0.717, 1.165) is 15.6 Å². The van der Waals surface area contributed by atoms with Crippen molar-refractivity contribution in [2.24, 2.45) is 5.10 Å². The molecule has 29 heavy (non-hydrogen) atoms. The summed E-state index contributed by atoms with van der Waals surface area (Å²) in [5.41, 5.74) is 4.78. The van der Waals surface area contributed by atoms with Crippen molar-refractivity contribution in [2.45, 2.75) is 6.61 Å². The minimum atomic E-state index is -0.315. The first kappa shape index (κ1) is 20.9. The number of hydrogen-bond acceptors (Lipinski definition) is 4. The molecule has 0 aliphatic rings. The molecular weight excluding hydrogens is 456 g/mol. The first-order chi connectivity index (χ1) is 14.0. The zero-order valence-corrected chi connectivity index (χ0v) is 17.9. The van der Waals surface area contributed by atoms with Crippen LogP contribution in [0.5, 0.6) is 11.5 Å². The molecule has 0 fully saturated rings. The van der Waals surface area contributed by atoms with Gasteiger partial charge in [0.25, 0.3) is 5.91 Å². The molecular formula is C22H18BrClN2O3. The molecule has 1 N–H and O–H groups in total. The number of carbonyl (C=O) groups is 1. The van der Waals surface area contributed by atoms with E-state index in [1.807, 2.05) is 42.5 Å². The van der Waals surface area contributed by atoms with Crippen LogP contribution in [0.1, 0.15) is 21.5 Å². The standard InChI is InChI=1S/C22H18BrClN2O3/c1-28-20-10-11-21(23)17(12-20)13-25-26-22(27)16-4-8-19(9-5-16)29-14-15-2-6-18(24)7-3-15/h2-13H,14H2,1H3,(H,26,27)/b25-13-. The second kappa shape index (κ2) is 10.1. The summed E-state index contributed by atoms with van der Waals surface area (Å²) in [5.74, 6) is 1.06. The van der Waals surface area contributed by atoms with Gasteiger partial charge in [0.15, 0.2) is 0 Å². The highest BCUT2D eigenvalue weighted by Gasteiger charge is 2.05. The number of ether oxygens (including phenoxy) is 2. The lowest BCUT2D eigenvalue weighted by Crippen LogP contribution is -2.17. The summed E-state index contributed by atoms with van der Waals surface area (Å²) in [4.78, 5) is 12.3. The van der Waals surface area contributed by atoms with Gasteiger partial charge >= 0.3 is 0 Å². The van der Waals surface area contributed by atoms with Crippen molar-refractivity contribution < 1.29 is 14.3 Å². The maximum absolute atomic E-state index is 12.3. The molecule has 3 aromatic carbocycles. The fourth-order valence-corrected chi connectivity index (χ4v) is 2.90. The van der Waals surface area contributed by atoms with Gasteiger partial charge in [0.1, 0.15) is 18.1 Å². The zero-order chi connectivity index (χ0) is 20.6. The monoisotopic (exact) mass is 472 g/mol. The number of hydrazone groups is 1. The highest BCUT2D eigenvalue weighted by atomic mass is 79.9. The fourth-order valence-electron chi connectivity index (χ4n) is 2.42. The van der Waals surface area contributed by atoms with Crippen molar-refractivity contribution in [1.29, 1.82) is 0 Å². The highest BCUT2D eigenvalue weighted by Crippen LogP contribution is 2.21. The third-order valence-corrected chi connectivity index (χ3v) is 4.98. The molecule has 0 saturated carbocycles. The number of nitrogens with zero attached hydrogens (tertiary/aromatic N) is 1. The van der Waals surface area contributed by atoms with Crippen LogP contribution >= 0.6 is 27.5 Å². The van der Waals surface area contributed by atoms with Crippen LogP contribution in [0.3, 0.4) is 0 Å². The van der Waals surface area contributed by atoms with Crippen molar-refractivity contribution in [3.8, 4) is 11.5 Å². The lowest BCUT2D eigenvalue weighted by atomic mass is 10.2. The first-order valence-electron chi connectivity index (χ1n) is 8.69. The van der Waals surface area contributed by atoms with Crippen LogP contribution in [-0.2, 0) is 6.61 Å². The molecule has 7 heteroatoms. The van der Waals surface area contributed by atoms with Crippen LogP contribution in [0.25, 0.3) is 0 Å². The van der Waals surface area contributed by atoms with E-state index in [1.54, 1.807) is 37.6 Å². The highest BCUT2D eigenvalue weighted by molar-refractivity contribution is 9.10. The maximum Gasteiger partial charge on any atom is 0.271 e. The van der Waals surface area contributed by atoms with E-state index >= 15 is 0 Å². The average molecular weight is 474 g/mol. The van der Waals surface area contributed by atoms with E-state index in [-0.39, 0.29) is 5.91 Å². The number of halogens is 2. The summed E-state index contributed by atoms with van der Waals surface area (Å²) < 4.78 is 11.7. The molecule has 0 heterocycles. The van der Waals surface area contributed by atoms with Crippen molar-refractivity contribution in [2.75, 3.05) is 7.11 Å². The molecule has 0 unspecified atom stereocenters. The average Bonchev–Trinajstić information content (AvgIpc) is 2.75. The Balaban J connectivity index is 1.55. The van der Waals surface area contributed by atoms with E-state index in [1.165, 1.54) is 0 Å². The Kier molecular flexibility index (Phi) is 7.27. The zero-order valence-electron chi connectivity index (χ0n) is 15.6. The van der Waals surface area contributed by atoms with E-state index < -0.39 is 0 Å². The van der Waals surface area contributed by atoms with E-state index in [4.69, 9.17) is 21.1 Å². The summed E-state index contributed by atoms with van der Waals surface area (Å²) >= 11 is 9.31. The number of benzene rings is 3. The van der Waals surface area contributed by atoms with Crippen LogP contribution in [0.2, 0.25) is 5.02 Å². The van der Waals surface area contributed by atoms with Gasteiger partial charge in [0.2, 0.25) is 0 Å². The Bertz CT molecular complexity index is 1010. The minimum Gasteiger partial charge on any atom is -0.497 e. The summed E-state index contributed by atoms with van der Waals surface area (Å²) in [7, 11) is 1.59. The van der Waals surface area contributed by atoms with Gasteiger partial charge in [-0.05, 0) is 60.2 Å². The second-order valence-corrected chi connectivity index (χ2v) is 7.32. The van der Waals surface area contributed by atoms with E-state index in [9.17, 15) is 4.79 Å². The van der Waals surface area contributed by atoms with Gasteiger partial charge in [0.05, 0.1) is 13.3 Å². The number of carbonyl (C=O) groups excluding carboxylic acids is 1. The lowest BCUT2D eigenvalue weighted by Gasteiger charge is -2.07. The number of nitrogens with one attached hydrogen (secondary N) is 1. The molecule has 0 aliphatic heterocycles. The van der Waals surface area contributed by atoms with Gasteiger partial charge in [-0.15, -0.1) is 0 Å². The van der Waals surface area contributed by atoms with Crippen molar-refractivity contribution in [3.05, 3.63) is 92.9 Å². The van der Waals surface area contributed by atoms with Crippen LogP contribution in [-0.4, -0.2) is 19.2 Å². The smallest absolute Gasteiger partial charge is 0.271 e. The third kappa shape index (κ3) is 6.07. The van der Waals surface area contributed by atoms with E-state index in [0.29, 0.717) is 28.7 Å². The van der Waals surface area contributed by atoms with Crippen LogP contribution in [0, 0.1) is 0 Å². The molecule has 148 valence electrons. The van der Waals surface area contributed by atoms with E-state index in [2.05, 4.69) is 26.5 Å². The van der Waals surface area contributed by atoms with Gasteiger partial charge in [-0.3, -0.25) is 4.79 Å². The van der Waals surface area contributed by atoms with Crippen LogP contribution in [0.15, 0.2) is 76.3 Å². The molecule has 3 aromatic rings. The van der Waals surface area contributed by atoms with Gasteiger partial charge in [0, 0.05) is 20.6 Å². The first-order valence-corrected chi connectivity index (χ1v) is 9.86. The van der Waals surface area contributed by atoms with Gasteiger partial charge in [-0.25, -0.2) is 5.43 Å². The summed E-state index contributed by atoms with van der Waals surface area (Å²) in [6.07, 6.45) is 1.55. The normalized spacial score (nSPS) is 10.7. The van der Waals surface area contributed by atoms with Crippen LogP contribution < -0.4 is 14.9 Å². The molecule has 3 rings (SSSR count). The van der Waals surface area contributed by atoms with Crippen molar-refractivity contribution >= 4 is 39.7 Å². The number of hydrogen-bond donors (Lipinski definition) is 1. The third-order valence-electron chi connectivity index (χ3n) is 4.01. The van der Waals surface area contributed by atoms with Gasteiger partial charge < -0.3 is 9.47 Å². The summed E-state index contributed by atoms with van der Waals surface area (Å²) in [6, 6.07) is 19.8. The quantitative estimate of drug-likeness (QED) is 0.366. The molecule has 0 radical (unpaired) electrons. The lowest BCUT2D eigenvalue weighted by molar-refractivity contribution is 0.0955. The molecule has 0 saturated heterocycles. The molecule has 0 bridgehead atoms. The molecule has 0 aromatic heterocycles. The topological polar surface area (TPSA) is 59.9 Å². The SMILES string of the molecule is COc1ccc(Br)c(/C=N\NC(=O)c2ccc(OCc3ccc(Cl)cc3)cc2)c1. The second-order valence-electron chi connectivity index (χ2n) is 6.03. The van der Waals surface area contributed by atoms with Gasteiger partial charge in [-0.2, -0.15) is 5.10 Å². The Morgan fingerprint density at radius 1 is 1.07 bits per heavy atom.